The first kappa shape index (κ1) is 14.7. The number of rotatable bonds is 3. The van der Waals surface area contributed by atoms with Crippen molar-refractivity contribution in [3.63, 3.8) is 0 Å². The van der Waals surface area contributed by atoms with Crippen LogP contribution in [0.1, 0.15) is 31.3 Å². The fraction of sp³-hybridized carbons (Fsp3) is 0.545. The Bertz CT molecular complexity index is 552. The molecule has 0 radical (unpaired) electrons. The largest absolute Gasteiger partial charge is 0.464 e. The predicted octanol–water partition coefficient (Wildman–Crippen LogP) is 0.888. The smallest absolute Gasteiger partial charge is 0.354 e. The Morgan fingerprint density at radius 2 is 1.94 bits per heavy atom. The molecule has 0 aliphatic carbocycles. The summed E-state index contributed by atoms with van der Waals surface area (Å²) in [6.45, 7) is 5.23. The first-order chi connectivity index (χ1) is 8.07. The highest BCUT2D eigenvalue weighted by Crippen LogP contribution is 2.16. The van der Waals surface area contributed by atoms with Crippen LogP contribution in [0.3, 0.4) is 0 Å². The maximum atomic E-state index is 12.0. The van der Waals surface area contributed by atoms with Crippen LogP contribution in [-0.2, 0) is 21.8 Å². The number of hydrogen-bond donors (Lipinski definition) is 1. The topological polar surface area (TPSA) is 77.4 Å². The van der Waals surface area contributed by atoms with Crippen LogP contribution in [0.15, 0.2) is 17.2 Å². The highest BCUT2D eigenvalue weighted by Gasteiger charge is 2.25. The molecule has 0 aliphatic rings. The van der Waals surface area contributed by atoms with Gasteiger partial charge >= 0.3 is 5.97 Å². The summed E-state index contributed by atoms with van der Waals surface area (Å²) in [6.07, 6.45) is 1.38. The lowest BCUT2D eigenvalue weighted by molar-refractivity contribution is 0.0590. The van der Waals surface area contributed by atoms with Gasteiger partial charge in [-0.25, -0.2) is 17.9 Å². The minimum atomic E-state index is -3.64. The minimum Gasteiger partial charge on any atom is -0.464 e. The number of carbonyl (C=O) groups excluding carboxylic acids is 1. The van der Waals surface area contributed by atoms with Crippen molar-refractivity contribution in [1.29, 1.82) is 0 Å². The summed E-state index contributed by atoms with van der Waals surface area (Å²) in [4.78, 5) is 11.4. The van der Waals surface area contributed by atoms with E-state index in [4.69, 9.17) is 0 Å². The third-order valence-electron chi connectivity index (χ3n) is 2.13. The molecule has 6 nitrogen and oxygen atoms in total. The zero-order valence-electron chi connectivity index (χ0n) is 11.1. The van der Waals surface area contributed by atoms with Gasteiger partial charge in [0.15, 0.2) is 0 Å². The number of aromatic nitrogens is 1. The number of carbonyl (C=O) groups is 1. The van der Waals surface area contributed by atoms with Crippen molar-refractivity contribution in [2.45, 2.75) is 31.2 Å². The van der Waals surface area contributed by atoms with Crippen LogP contribution in [0.5, 0.6) is 0 Å². The Morgan fingerprint density at radius 3 is 2.39 bits per heavy atom. The van der Waals surface area contributed by atoms with Gasteiger partial charge in [0.05, 0.1) is 7.11 Å². The van der Waals surface area contributed by atoms with Gasteiger partial charge in [0.25, 0.3) is 0 Å². The Labute approximate surface area is 107 Å². The predicted molar refractivity (Wildman–Crippen MR) is 66.8 cm³/mol. The lowest BCUT2D eigenvalue weighted by atomic mass is 10.1. The van der Waals surface area contributed by atoms with Gasteiger partial charge in [-0.2, -0.15) is 0 Å². The lowest BCUT2D eigenvalue weighted by Gasteiger charge is -2.19. The number of nitrogens with one attached hydrogen (secondary N) is 1. The van der Waals surface area contributed by atoms with Crippen molar-refractivity contribution in [1.82, 2.24) is 9.29 Å². The molecule has 1 rings (SSSR count). The Morgan fingerprint density at radius 1 is 1.39 bits per heavy atom. The molecule has 1 N–H and O–H groups in total. The van der Waals surface area contributed by atoms with Crippen molar-refractivity contribution >= 4 is 16.0 Å². The summed E-state index contributed by atoms with van der Waals surface area (Å²) >= 11 is 0. The van der Waals surface area contributed by atoms with E-state index >= 15 is 0 Å². The summed E-state index contributed by atoms with van der Waals surface area (Å²) in [5.74, 6) is -0.574. The molecule has 0 amide bonds. The first-order valence-corrected chi connectivity index (χ1v) is 6.84. The second-order valence-electron chi connectivity index (χ2n) is 5.02. The van der Waals surface area contributed by atoms with Crippen LogP contribution in [0.2, 0.25) is 0 Å². The standard InChI is InChI=1S/C11H18N2O4S/c1-11(2,3)12-18(15,16)8-6-9(10(14)17-5)13(4)7-8/h6-7,12H,1-5H3. The molecule has 1 heterocycles. The number of nitrogens with zero attached hydrogens (tertiary/aromatic N) is 1. The Hall–Kier alpha value is -1.34. The van der Waals surface area contributed by atoms with E-state index in [2.05, 4.69) is 9.46 Å². The molecule has 102 valence electrons. The van der Waals surface area contributed by atoms with Crippen molar-refractivity contribution in [3.05, 3.63) is 18.0 Å². The highest BCUT2D eigenvalue weighted by atomic mass is 32.2. The molecule has 0 unspecified atom stereocenters. The van der Waals surface area contributed by atoms with Gasteiger partial charge in [-0.05, 0) is 26.8 Å². The molecule has 0 atom stereocenters. The summed E-state index contributed by atoms with van der Waals surface area (Å²) < 4.78 is 32.6. The molecule has 0 fully saturated rings. The van der Waals surface area contributed by atoms with Crippen LogP contribution < -0.4 is 4.72 Å². The van der Waals surface area contributed by atoms with Crippen LogP contribution in [-0.4, -0.2) is 31.6 Å². The van der Waals surface area contributed by atoms with Crippen molar-refractivity contribution in [2.75, 3.05) is 7.11 Å². The Kier molecular flexibility index (Phi) is 3.87. The fourth-order valence-electron chi connectivity index (χ4n) is 1.45. The van der Waals surface area contributed by atoms with Crippen LogP contribution in [0.25, 0.3) is 0 Å². The fourth-order valence-corrected chi connectivity index (χ4v) is 2.94. The van der Waals surface area contributed by atoms with E-state index in [9.17, 15) is 13.2 Å². The summed E-state index contributed by atoms with van der Waals surface area (Å²) in [6, 6.07) is 1.29. The molecule has 1 aromatic rings. The summed E-state index contributed by atoms with van der Waals surface area (Å²) in [5, 5.41) is 0. The molecule has 0 aliphatic heterocycles. The quantitative estimate of drug-likeness (QED) is 0.830. The van der Waals surface area contributed by atoms with E-state index in [1.54, 1.807) is 27.8 Å². The molecule has 0 saturated carbocycles. The summed E-state index contributed by atoms with van der Waals surface area (Å²) in [7, 11) is -0.807. The normalized spacial score (nSPS) is 12.5. The number of hydrogen-bond acceptors (Lipinski definition) is 4. The van der Waals surface area contributed by atoms with Gasteiger partial charge in [0, 0.05) is 18.8 Å². The molecule has 0 spiro atoms. The monoisotopic (exact) mass is 274 g/mol. The zero-order valence-corrected chi connectivity index (χ0v) is 12.0. The molecule has 1 aromatic heterocycles. The van der Waals surface area contributed by atoms with E-state index in [0.717, 1.165) is 0 Å². The lowest BCUT2D eigenvalue weighted by Crippen LogP contribution is -2.40. The number of esters is 1. The second-order valence-corrected chi connectivity index (χ2v) is 6.70. The molecule has 0 bridgehead atoms. The van der Waals surface area contributed by atoms with Gasteiger partial charge in [-0.1, -0.05) is 0 Å². The van der Waals surface area contributed by atoms with E-state index in [1.807, 2.05) is 0 Å². The third kappa shape index (κ3) is 3.33. The average Bonchev–Trinajstić information content (AvgIpc) is 2.56. The maximum absolute atomic E-state index is 12.0. The van der Waals surface area contributed by atoms with E-state index < -0.39 is 21.5 Å². The van der Waals surface area contributed by atoms with E-state index in [1.165, 1.54) is 23.9 Å². The first-order valence-electron chi connectivity index (χ1n) is 5.35. The number of sulfonamides is 1. The molecule has 0 saturated heterocycles. The number of aryl methyl sites for hydroxylation is 1. The van der Waals surface area contributed by atoms with Gasteiger partial charge < -0.3 is 9.30 Å². The van der Waals surface area contributed by atoms with E-state index in [-0.39, 0.29) is 10.6 Å². The molecule has 7 heteroatoms. The minimum absolute atomic E-state index is 0.0420. The van der Waals surface area contributed by atoms with Crippen LogP contribution in [0.4, 0.5) is 0 Å². The molecule has 0 aromatic carbocycles. The highest BCUT2D eigenvalue weighted by molar-refractivity contribution is 7.89. The Balaban J connectivity index is 3.16. The van der Waals surface area contributed by atoms with Crippen molar-refractivity contribution in [3.8, 4) is 0 Å². The SMILES string of the molecule is COC(=O)c1cc(S(=O)(=O)NC(C)(C)C)cn1C. The number of methoxy groups -OCH3 is 1. The molecule has 18 heavy (non-hydrogen) atoms. The maximum Gasteiger partial charge on any atom is 0.354 e. The van der Waals surface area contributed by atoms with Gasteiger partial charge in [0.1, 0.15) is 10.6 Å². The van der Waals surface area contributed by atoms with Crippen LogP contribution >= 0.6 is 0 Å². The second kappa shape index (κ2) is 4.74. The van der Waals surface area contributed by atoms with Crippen molar-refractivity contribution in [2.24, 2.45) is 7.05 Å². The van der Waals surface area contributed by atoms with Crippen molar-refractivity contribution < 1.29 is 17.9 Å². The molecular formula is C11H18N2O4S. The van der Waals surface area contributed by atoms with Crippen LogP contribution in [0, 0.1) is 0 Å². The zero-order chi connectivity index (χ0) is 14.1. The average molecular weight is 274 g/mol. The van der Waals surface area contributed by atoms with E-state index in [0.29, 0.717) is 0 Å². The van der Waals surface area contributed by atoms with Gasteiger partial charge in [-0.3, -0.25) is 0 Å². The molecular weight excluding hydrogens is 256 g/mol. The van der Waals surface area contributed by atoms with Gasteiger partial charge in [-0.15, -0.1) is 0 Å². The third-order valence-corrected chi connectivity index (χ3v) is 3.85. The number of ether oxygens (including phenoxy) is 1. The summed E-state index contributed by atoms with van der Waals surface area (Å²) in [5.41, 5.74) is -0.396. The van der Waals surface area contributed by atoms with Gasteiger partial charge in [0.2, 0.25) is 10.0 Å².